The molecule has 21 heavy (non-hydrogen) atoms. The molecule has 0 atom stereocenters. The van der Waals surface area contributed by atoms with Crippen molar-refractivity contribution in [3.8, 4) is 0 Å². The highest BCUT2D eigenvalue weighted by Crippen LogP contribution is 2.21. The summed E-state index contributed by atoms with van der Waals surface area (Å²) in [5.74, 6) is 0.252. The molecular formula is C17H23N3O. The fraction of sp³-hybridized carbons (Fsp3) is 0.471. The van der Waals surface area contributed by atoms with Gasteiger partial charge in [-0.25, -0.2) is 0 Å². The fourth-order valence-electron chi connectivity index (χ4n) is 3.15. The summed E-state index contributed by atoms with van der Waals surface area (Å²) >= 11 is 0. The molecule has 2 heterocycles. The van der Waals surface area contributed by atoms with Gasteiger partial charge in [0.05, 0.1) is 6.42 Å². The van der Waals surface area contributed by atoms with Crippen LogP contribution in [0.25, 0.3) is 10.9 Å². The monoisotopic (exact) mass is 285 g/mol. The summed E-state index contributed by atoms with van der Waals surface area (Å²) in [6, 6.07) is 8.28. The summed E-state index contributed by atoms with van der Waals surface area (Å²) in [5, 5.41) is 1.19. The summed E-state index contributed by atoms with van der Waals surface area (Å²) < 4.78 is 2.10. The van der Waals surface area contributed by atoms with E-state index < -0.39 is 0 Å². The van der Waals surface area contributed by atoms with E-state index in [2.05, 4.69) is 34.7 Å². The van der Waals surface area contributed by atoms with Crippen LogP contribution in [0.2, 0.25) is 0 Å². The minimum Gasteiger partial charge on any atom is -0.350 e. The normalized spacial score (nSPS) is 16.6. The van der Waals surface area contributed by atoms with E-state index in [9.17, 15) is 4.79 Å². The van der Waals surface area contributed by atoms with Gasteiger partial charge in [0.25, 0.3) is 0 Å². The quantitative estimate of drug-likeness (QED) is 0.861. The van der Waals surface area contributed by atoms with E-state index in [1.165, 1.54) is 10.9 Å². The molecule has 112 valence electrons. The van der Waals surface area contributed by atoms with Gasteiger partial charge < -0.3 is 14.4 Å². The van der Waals surface area contributed by atoms with Crippen molar-refractivity contribution in [2.45, 2.75) is 13.3 Å². The zero-order valence-electron chi connectivity index (χ0n) is 12.9. The Morgan fingerprint density at radius 3 is 2.57 bits per heavy atom. The molecule has 1 amide bonds. The van der Waals surface area contributed by atoms with Gasteiger partial charge in [0.15, 0.2) is 0 Å². The van der Waals surface area contributed by atoms with E-state index in [0.717, 1.165) is 38.3 Å². The van der Waals surface area contributed by atoms with Crippen molar-refractivity contribution in [1.82, 2.24) is 14.4 Å². The van der Waals surface area contributed by atoms with E-state index in [-0.39, 0.29) is 5.91 Å². The Balaban J connectivity index is 1.72. The standard InChI is InChI=1S/C17H23N3O/c1-3-19-8-10-20(11-9-19)17(21)12-14-13-18(2)16-7-5-4-6-15(14)16/h4-7,13H,3,8-12H2,1-2H3. The second-order valence-corrected chi connectivity index (χ2v) is 5.77. The first-order chi connectivity index (χ1) is 10.2. The molecule has 3 rings (SSSR count). The zero-order valence-corrected chi connectivity index (χ0v) is 12.9. The predicted molar refractivity (Wildman–Crippen MR) is 85.3 cm³/mol. The van der Waals surface area contributed by atoms with Gasteiger partial charge in [0.2, 0.25) is 5.91 Å². The average Bonchev–Trinajstić information content (AvgIpc) is 2.84. The lowest BCUT2D eigenvalue weighted by Crippen LogP contribution is -2.48. The van der Waals surface area contributed by atoms with Crippen LogP contribution in [0, 0.1) is 0 Å². The Morgan fingerprint density at radius 2 is 1.86 bits per heavy atom. The topological polar surface area (TPSA) is 28.5 Å². The number of fused-ring (bicyclic) bond motifs is 1. The molecule has 0 aliphatic carbocycles. The highest BCUT2D eigenvalue weighted by Gasteiger charge is 2.21. The Bertz CT molecular complexity index is 639. The van der Waals surface area contributed by atoms with E-state index >= 15 is 0 Å². The molecule has 2 aromatic rings. The number of carbonyl (C=O) groups is 1. The van der Waals surface area contributed by atoms with Crippen LogP contribution in [0.1, 0.15) is 12.5 Å². The average molecular weight is 285 g/mol. The molecule has 0 radical (unpaired) electrons. The molecule has 0 saturated carbocycles. The summed E-state index contributed by atoms with van der Waals surface area (Å²) in [6.07, 6.45) is 2.60. The van der Waals surface area contributed by atoms with Gasteiger partial charge >= 0.3 is 0 Å². The van der Waals surface area contributed by atoms with Crippen molar-refractivity contribution in [2.75, 3.05) is 32.7 Å². The molecule has 1 fully saturated rings. The van der Waals surface area contributed by atoms with Crippen molar-refractivity contribution in [1.29, 1.82) is 0 Å². The highest BCUT2D eigenvalue weighted by atomic mass is 16.2. The van der Waals surface area contributed by atoms with Crippen molar-refractivity contribution in [3.05, 3.63) is 36.0 Å². The molecule has 1 saturated heterocycles. The molecule has 0 spiro atoms. The van der Waals surface area contributed by atoms with E-state index in [1.807, 2.05) is 24.1 Å². The Hall–Kier alpha value is -1.81. The molecule has 4 heteroatoms. The van der Waals surface area contributed by atoms with Crippen LogP contribution in [-0.4, -0.2) is 53.0 Å². The smallest absolute Gasteiger partial charge is 0.227 e. The molecule has 0 unspecified atom stereocenters. The number of hydrogen-bond donors (Lipinski definition) is 0. The van der Waals surface area contributed by atoms with E-state index in [0.29, 0.717) is 6.42 Å². The van der Waals surface area contributed by atoms with Crippen molar-refractivity contribution >= 4 is 16.8 Å². The molecule has 0 N–H and O–H groups in total. The molecule has 4 nitrogen and oxygen atoms in total. The number of para-hydroxylation sites is 1. The number of benzene rings is 1. The van der Waals surface area contributed by atoms with E-state index in [4.69, 9.17) is 0 Å². The minimum absolute atomic E-state index is 0.252. The van der Waals surface area contributed by atoms with Crippen LogP contribution in [-0.2, 0) is 18.3 Å². The zero-order chi connectivity index (χ0) is 14.8. The highest BCUT2D eigenvalue weighted by molar-refractivity contribution is 5.89. The lowest BCUT2D eigenvalue weighted by atomic mass is 10.1. The van der Waals surface area contributed by atoms with E-state index in [1.54, 1.807) is 0 Å². The second kappa shape index (κ2) is 5.90. The Morgan fingerprint density at radius 1 is 1.14 bits per heavy atom. The first kappa shape index (κ1) is 14.1. The third kappa shape index (κ3) is 2.81. The lowest BCUT2D eigenvalue weighted by molar-refractivity contribution is -0.132. The maximum absolute atomic E-state index is 12.5. The fourth-order valence-corrected chi connectivity index (χ4v) is 3.15. The summed E-state index contributed by atoms with van der Waals surface area (Å²) in [6.45, 7) is 6.96. The van der Waals surface area contributed by atoms with Crippen molar-refractivity contribution in [2.24, 2.45) is 7.05 Å². The van der Waals surface area contributed by atoms with Crippen molar-refractivity contribution < 1.29 is 4.79 Å². The maximum atomic E-state index is 12.5. The number of rotatable bonds is 3. The van der Waals surface area contributed by atoms with Crippen LogP contribution in [0.15, 0.2) is 30.5 Å². The molecule has 1 aromatic heterocycles. The third-order valence-electron chi connectivity index (χ3n) is 4.49. The van der Waals surface area contributed by atoms with Crippen molar-refractivity contribution in [3.63, 3.8) is 0 Å². The van der Waals surface area contributed by atoms with Crippen LogP contribution in [0.3, 0.4) is 0 Å². The summed E-state index contributed by atoms with van der Waals surface area (Å²) in [5.41, 5.74) is 2.33. The number of aromatic nitrogens is 1. The third-order valence-corrected chi connectivity index (χ3v) is 4.49. The van der Waals surface area contributed by atoms with Gasteiger partial charge in [-0.3, -0.25) is 4.79 Å². The molecule has 1 aliphatic heterocycles. The van der Waals surface area contributed by atoms with Crippen LogP contribution in [0.4, 0.5) is 0 Å². The number of piperazine rings is 1. The molecular weight excluding hydrogens is 262 g/mol. The number of aryl methyl sites for hydroxylation is 1. The van der Waals surface area contributed by atoms with Crippen LogP contribution in [0.5, 0.6) is 0 Å². The van der Waals surface area contributed by atoms with Crippen LogP contribution >= 0.6 is 0 Å². The van der Waals surface area contributed by atoms with Gasteiger partial charge in [-0.15, -0.1) is 0 Å². The summed E-state index contributed by atoms with van der Waals surface area (Å²) in [7, 11) is 2.04. The first-order valence-corrected chi connectivity index (χ1v) is 7.72. The van der Waals surface area contributed by atoms with Gasteiger partial charge in [-0.1, -0.05) is 25.1 Å². The lowest BCUT2D eigenvalue weighted by Gasteiger charge is -2.34. The Kier molecular flexibility index (Phi) is 3.97. The number of amides is 1. The number of likely N-dealkylation sites (N-methyl/N-ethyl adjacent to an activating group) is 1. The molecule has 1 aromatic carbocycles. The number of nitrogens with zero attached hydrogens (tertiary/aromatic N) is 3. The predicted octanol–water partition coefficient (Wildman–Crippen LogP) is 1.88. The molecule has 0 bridgehead atoms. The minimum atomic E-state index is 0.252. The van der Waals surface area contributed by atoms with Gasteiger partial charge in [-0.2, -0.15) is 0 Å². The molecule has 1 aliphatic rings. The van der Waals surface area contributed by atoms with Crippen LogP contribution < -0.4 is 0 Å². The second-order valence-electron chi connectivity index (χ2n) is 5.77. The Labute approximate surface area is 125 Å². The van der Waals surface area contributed by atoms with Gasteiger partial charge in [-0.05, 0) is 18.2 Å². The first-order valence-electron chi connectivity index (χ1n) is 7.72. The van der Waals surface area contributed by atoms with Gasteiger partial charge in [0, 0.05) is 50.3 Å². The van der Waals surface area contributed by atoms with Gasteiger partial charge in [0.1, 0.15) is 0 Å². The summed E-state index contributed by atoms with van der Waals surface area (Å²) in [4.78, 5) is 16.9. The largest absolute Gasteiger partial charge is 0.350 e. The SMILES string of the molecule is CCN1CCN(C(=O)Cc2cn(C)c3ccccc23)CC1. The maximum Gasteiger partial charge on any atom is 0.227 e. The number of hydrogen-bond acceptors (Lipinski definition) is 2. The number of carbonyl (C=O) groups excluding carboxylic acids is 1.